The molecule has 3 aromatic rings. The van der Waals surface area contributed by atoms with E-state index in [2.05, 4.69) is 80.4 Å². The summed E-state index contributed by atoms with van der Waals surface area (Å²) in [6.45, 7) is 3.59. The van der Waals surface area contributed by atoms with Gasteiger partial charge in [-0.3, -0.25) is 28.8 Å². The molecule has 6 amide bonds. The number of nitrogens with zero attached hydrogens (tertiary/aromatic N) is 2. The van der Waals surface area contributed by atoms with Crippen LogP contribution in [-0.4, -0.2) is 131 Å². The molecule has 3 aromatic carbocycles. The smallest absolute Gasteiger partial charge is 0.246 e. The average molecular weight is 1040 g/mol. The van der Waals surface area contributed by atoms with Crippen molar-refractivity contribution in [2.24, 2.45) is 11.8 Å². The van der Waals surface area contributed by atoms with Crippen LogP contribution in [0.3, 0.4) is 0 Å². The van der Waals surface area contributed by atoms with Gasteiger partial charge in [0.1, 0.15) is 24.2 Å². The van der Waals surface area contributed by atoms with Crippen molar-refractivity contribution in [2.45, 2.75) is 190 Å². The number of amides is 6. The zero-order valence-electron chi connectivity index (χ0n) is 45.1. The van der Waals surface area contributed by atoms with Crippen LogP contribution in [0.15, 0.2) is 60.7 Å². The lowest BCUT2D eigenvalue weighted by Gasteiger charge is -2.35. The molecular formula is C60H82N8O8. The second-order valence-corrected chi connectivity index (χ2v) is 22.8. The van der Waals surface area contributed by atoms with Crippen molar-refractivity contribution in [1.82, 2.24) is 41.7 Å². The van der Waals surface area contributed by atoms with Gasteiger partial charge in [0.25, 0.3) is 0 Å². The molecule has 6 aliphatic rings. The first-order chi connectivity index (χ1) is 36.7. The molecule has 4 aliphatic carbocycles. The topological polar surface area (TPSA) is 222 Å². The highest BCUT2D eigenvalue weighted by atomic mass is 16.3. The van der Waals surface area contributed by atoms with Crippen LogP contribution < -0.4 is 31.9 Å². The second kappa shape index (κ2) is 24.8. The summed E-state index contributed by atoms with van der Waals surface area (Å²) < 4.78 is 0. The highest BCUT2D eigenvalue weighted by Gasteiger charge is 2.46. The highest BCUT2D eigenvalue weighted by molar-refractivity contribution is 5.95. The molecule has 2 saturated carbocycles. The van der Waals surface area contributed by atoms with Crippen molar-refractivity contribution in [2.75, 3.05) is 27.2 Å². The van der Waals surface area contributed by atoms with Crippen LogP contribution >= 0.6 is 0 Å². The maximum absolute atomic E-state index is 14.4. The number of hydrogen-bond acceptors (Lipinski definition) is 10. The number of aliphatic hydroxyl groups excluding tert-OH is 2. The van der Waals surface area contributed by atoms with Gasteiger partial charge in [-0.05, 0) is 148 Å². The second-order valence-electron chi connectivity index (χ2n) is 22.8. The van der Waals surface area contributed by atoms with E-state index in [1.807, 2.05) is 12.1 Å². The van der Waals surface area contributed by atoms with Gasteiger partial charge in [-0.15, -0.1) is 0 Å². The van der Waals surface area contributed by atoms with E-state index in [1.165, 1.54) is 20.9 Å². The van der Waals surface area contributed by atoms with Gasteiger partial charge in [-0.2, -0.15) is 0 Å². The molecule has 410 valence electrons. The Balaban J connectivity index is 0.884. The molecule has 16 heteroatoms. The number of nitrogens with one attached hydrogen (secondary N) is 6. The minimum Gasteiger partial charge on any atom is -0.391 e. The minimum atomic E-state index is -0.857. The molecule has 0 bridgehead atoms. The Morgan fingerprint density at radius 1 is 0.513 bits per heavy atom. The fraction of sp³-hybridized carbons (Fsp3) is 0.600. The average Bonchev–Trinajstić information content (AvgIpc) is 4.05. The van der Waals surface area contributed by atoms with Crippen molar-refractivity contribution in [1.29, 1.82) is 0 Å². The summed E-state index contributed by atoms with van der Waals surface area (Å²) >= 11 is 0. The summed E-state index contributed by atoms with van der Waals surface area (Å²) in [5, 5.41) is 40.4. The molecule has 16 nitrogen and oxygen atoms in total. The van der Waals surface area contributed by atoms with E-state index in [9.17, 15) is 39.0 Å². The SMILES string of the molecule is CN[C@@H](C)C(=O)N[C@H](C(=O)N1C[C@@H](O)C[C@H]1C(=O)N[C@@H]1CCCc2c(-c3ccc(-c4cccc5c4CCC[C@H]5NC(=O)[C@@H]4C[C@H](O)CN4C(=O)[C@@H](NC(=O)[C@H](C)NC)C4CCCCC4)cc3)cccc21)C1CCCCC1. The normalized spacial score (nSPS) is 25.6. The number of aliphatic hydroxyl groups is 2. The Morgan fingerprint density at radius 3 is 1.26 bits per heavy atom. The third kappa shape index (κ3) is 12.0. The molecule has 4 fully saturated rings. The maximum atomic E-state index is 14.4. The van der Waals surface area contributed by atoms with Gasteiger partial charge < -0.3 is 51.9 Å². The lowest BCUT2D eigenvalue weighted by molar-refractivity contribution is -0.143. The number of likely N-dealkylation sites (tertiary alicyclic amines) is 2. The Labute approximate surface area is 448 Å². The molecule has 8 N–H and O–H groups in total. The minimum absolute atomic E-state index is 0.0367. The van der Waals surface area contributed by atoms with Crippen LogP contribution in [0.4, 0.5) is 0 Å². The Bertz CT molecular complexity index is 2410. The molecular weight excluding hydrogens is 961 g/mol. The highest BCUT2D eigenvalue weighted by Crippen LogP contribution is 2.41. The number of carbonyl (C=O) groups is 6. The van der Waals surface area contributed by atoms with Crippen LogP contribution in [-0.2, 0) is 41.6 Å². The molecule has 2 saturated heterocycles. The number of likely N-dealkylation sites (N-methyl/N-ethyl adjacent to an activating group) is 2. The van der Waals surface area contributed by atoms with Crippen LogP contribution in [0, 0.1) is 11.8 Å². The number of rotatable bonds is 16. The summed E-state index contributed by atoms with van der Waals surface area (Å²) in [6, 6.07) is 16.3. The van der Waals surface area contributed by atoms with E-state index in [0.717, 1.165) is 136 Å². The summed E-state index contributed by atoms with van der Waals surface area (Å²) in [5.41, 5.74) is 8.75. The summed E-state index contributed by atoms with van der Waals surface area (Å²) in [6.07, 6.45) is 12.8. The predicted molar refractivity (Wildman–Crippen MR) is 291 cm³/mol. The Hall–Kier alpha value is -5.68. The molecule has 9 rings (SSSR count). The molecule has 0 aromatic heterocycles. The van der Waals surface area contributed by atoms with E-state index in [4.69, 9.17) is 0 Å². The summed E-state index contributed by atoms with van der Waals surface area (Å²) in [4.78, 5) is 86.8. The van der Waals surface area contributed by atoms with Crippen molar-refractivity contribution in [3.8, 4) is 22.3 Å². The standard InChI is InChI=1S/C60H82N8O8/c1-35(61-3)55(71)65-53(39-15-7-5-8-16-39)59(75)67-33-41(69)31-51(67)57(73)63-49-25-13-21-45-43(19-11-23-47(45)49)37-27-29-38(30-28-37)44-20-12-24-48-46(44)22-14-26-50(48)64-58(74)52-32-42(70)34-68(52)60(76)54(40-17-9-6-10-18-40)66-56(72)36(2)62-4/h11-12,19-20,23-24,27-30,35-36,39-42,49-54,61-62,69-70H,5-10,13-18,21-22,25-26,31-34H2,1-4H3,(H,63,73)(H,64,74)(H,65,71)(H,66,72)/t35-,36-,41-,42-,49+,50+,51-,52-,53-,54-/m0/s1. The number of β-amino-alcohol motifs (C(OH)–C–C–N with tert-alkyl or cyclic N) is 2. The van der Waals surface area contributed by atoms with Crippen molar-refractivity contribution in [3.63, 3.8) is 0 Å². The van der Waals surface area contributed by atoms with Crippen LogP contribution in [0.1, 0.15) is 151 Å². The van der Waals surface area contributed by atoms with Crippen molar-refractivity contribution >= 4 is 35.4 Å². The van der Waals surface area contributed by atoms with Gasteiger partial charge in [0, 0.05) is 25.9 Å². The number of carbonyl (C=O) groups excluding carboxylic acids is 6. The summed E-state index contributed by atoms with van der Waals surface area (Å²) in [7, 11) is 3.41. The first kappa shape index (κ1) is 55.1. The van der Waals surface area contributed by atoms with Gasteiger partial charge in [0.05, 0.1) is 36.4 Å². The fourth-order valence-electron chi connectivity index (χ4n) is 13.4. The lowest BCUT2D eigenvalue weighted by Crippen LogP contribution is -2.58. The largest absolute Gasteiger partial charge is 0.391 e. The molecule has 2 aliphatic heterocycles. The zero-order chi connectivity index (χ0) is 53.6. The van der Waals surface area contributed by atoms with E-state index >= 15 is 0 Å². The first-order valence-corrected chi connectivity index (χ1v) is 28.6. The molecule has 0 radical (unpaired) electrons. The molecule has 2 heterocycles. The van der Waals surface area contributed by atoms with Gasteiger partial charge in [0.15, 0.2) is 0 Å². The third-order valence-corrected chi connectivity index (χ3v) is 17.9. The van der Waals surface area contributed by atoms with Crippen molar-refractivity contribution in [3.05, 3.63) is 82.9 Å². The van der Waals surface area contributed by atoms with E-state index in [0.29, 0.717) is 0 Å². The third-order valence-electron chi connectivity index (χ3n) is 17.9. The Morgan fingerprint density at radius 2 is 0.895 bits per heavy atom. The van der Waals surface area contributed by atoms with E-state index < -0.39 is 48.5 Å². The molecule has 76 heavy (non-hydrogen) atoms. The van der Waals surface area contributed by atoms with Gasteiger partial charge in [0.2, 0.25) is 35.4 Å². The molecule has 0 unspecified atom stereocenters. The maximum Gasteiger partial charge on any atom is 0.246 e. The van der Waals surface area contributed by atoms with Crippen molar-refractivity contribution < 1.29 is 39.0 Å². The van der Waals surface area contributed by atoms with Gasteiger partial charge in [-0.25, -0.2) is 0 Å². The molecule has 10 atom stereocenters. The fourth-order valence-corrected chi connectivity index (χ4v) is 13.4. The lowest BCUT2D eigenvalue weighted by atomic mass is 9.81. The predicted octanol–water partition coefficient (Wildman–Crippen LogP) is 5.28. The first-order valence-electron chi connectivity index (χ1n) is 28.6. The molecule has 0 spiro atoms. The quantitative estimate of drug-likeness (QED) is 0.0928. The van der Waals surface area contributed by atoms with Crippen LogP contribution in [0.2, 0.25) is 0 Å². The van der Waals surface area contributed by atoms with Crippen LogP contribution in [0.5, 0.6) is 0 Å². The van der Waals surface area contributed by atoms with Gasteiger partial charge in [-0.1, -0.05) is 99.2 Å². The van der Waals surface area contributed by atoms with E-state index in [1.54, 1.807) is 27.9 Å². The van der Waals surface area contributed by atoms with Gasteiger partial charge >= 0.3 is 0 Å². The van der Waals surface area contributed by atoms with E-state index in [-0.39, 0.29) is 85.3 Å². The Kier molecular flexibility index (Phi) is 17.9. The number of benzene rings is 3. The number of hydrogen-bond donors (Lipinski definition) is 8. The summed E-state index contributed by atoms with van der Waals surface area (Å²) in [5.74, 6) is -1.79. The monoisotopic (exact) mass is 1040 g/mol. The number of fused-ring (bicyclic) bond motifs is 2. The van der Waals surface area contributed by atoms with Crippen LogP contribution in [0.25, 0.3) is 22.3 Å². The zero-order valence-corrected chi connectivity index (χ0v) is 45.1.